The number of benzene rings is 2. The normalized spacial score (nSPS) is 12.3. The van der Waals surface area contributed by atoms with Crippen molar-refractivity contribution in [3.05, 3.63) is 71.2 Å². The van der Waals surface area contributed by atoms with E-state index < -0.39 is 28.9 Å². The van der Waals surface area contributed by atoms with Gasteiger partial charge in [0.15, 0.2) is 5.65 Å². The highest BCUT2D eigenvalue weighted by Gasteiger charge is 2.35. The van der Waals surface area contributed by atoms with Crippen molar-refractivity contribution in [1.29, 1.82) is 0 Å². The minimum Gasteiger partial charge on any atom is -0.325 e. The SMILES string of the molecule is Cc1c(-c2ccccc2F)nn2cc(-c3ccc(C(F)(F)F)c(NC(=O)C(C)(C)C)c3)nc2c1C. The summed E-state index contributed by atoms with van der Waals surface area (Å²) in [5.41, 5.74) is 1.34. The molecule has 2 aromatic heterocycles. The minimum absolute atomic E-state index is 0.340. The molecule has 0 aliphatic heterocycles. The highest BCUT2D eigenvalue weighted by Crippen LogP contribution is 2.38. The van der Waals surface area contributed by atoms with Crippen LogP contribution in [-0.4, -0.2) is 20.5 Å². The summed E-state index contributed by atoms with van der Waals surface area (Å²) in [7, 11) is 0. The van der Waals surface area contributed by atoms with Crippen molar-refractivity contribution in [2.24, 2.45) is 5.41 Å². The van der Waals surface area contributed by atoms with Gasteiger partial charge in [0, 0.05) is 16.5 Å². The van der Waals surface area contributed by atoms with Gasteiger partial charge in [-0.1, -0.05) is 39.0 Å². The lowest BCUT2D eigenvalue weighted by molar-refractivity contribution is -0.137. The van der Waals surface area contributed by atoms with Gasteiger partial charge in [-0.05, 0) is 49.2 Å². The molecule has 0 unspecified atom stereocenters. The molecule has 0 saturated heterocycles. The predicted octanol–water partition coefficient (Wildman–Crippen LogP) is 6.82. The maximum absolute atomic E-state index is 14.4. The van der Waals surface area contributed by atoms with Crippen LogP contribution in [0.5, 0.6) is 0 Å². The van der Waals surface area contributed by atoms with E-state index in [9.17, 15) is 22.4 Å². The predicted molar refractivity (Wildman–Crippen MR) is 126 cm³/mol. The van der Waals surface area contributed by atoms with Crippen LogP contribution in [0.4, 0.5) is 23.2 Å². The lowest BCUT2D eigenvalue weighted by atomic mass is 9.95. The summed E-state index contributed by atoms with van der Waals surface area (Å²) in [4.78, 5) is 17.0. The summed E-state index contributed by atoms with van der Waals surface area (Å²) in [5.74, 6) is -0.957. The lowest BCUT2D eigenvalue weighted by Gasteiger charge is -2.20. The highest BCUT2D eigenvalue weighted by atomic mass is 19.4. The third kappa shape index (κ3) is 4.62. The van der Waals surface area contributed by atoms with E-state index in [4.69, 9.17) is 0 Å². The third-order valence-electron chi connectivity index (χ3n) is 5.83. The Labute approximate surface area is 199 Å². The van der Waals surface area contributed by atoms with Gasteiger partial charge in [-0.3, -0.25) is 4.79 Å². The first-order chi connectivity index (χ1) is 16.3. The van der Waals surface area contributed by atoms with Gasteiger partial charge >= 0.3 is 6.18 Å². The van der Waals surface area contributed by atoms with Crippen LogP contribution in [0, 0.1) is 25.1 Å². The van der Waals surface area contributed by atoms with Gasteiger partial charge in [-0.25, -0.2) is 13.9 Å². The summed E-state index contributed by atoms with van der Waals surface area (Å²) in [5, 5.41) is 6.94. The molecular formula is C26H24F4N4O. The van der Waals surface area contributed by atoms with E-state index in [1.54, 1.807) is 45.2 Å². The van der Waals surface area contributed by atoms with Gasteiger partial charge in [0.2, 0.25) is 5.91 Å². The molecule has 35 heavy (non-hydrogen) atoms. The largest absolute Gasteiger partial charge is 0.418 e. The molecule has 5 nitrogen and oxygen atoms in total. The van der Waals surface area contributed by atoms with Crippen molar-refractivity contribution in [2.45, 2.75) is 40.8 Å². The number of aromatic nitrogens is 3. The van der Waals surface area contributed by atoms with Gasteiger partial charge in [-0.15, -0.1) is 0 Å². The molecule has 0 radical (unpaired) electrons. The van der Waals surface area contributed by atoms with Crippen LogP contribution in [0.15, 0.2) is 48.7 Å². The number of fused-ring (bicyclic) bond motifs is 1. The van der Waals surface area contributed by atoms with E-state index in [0.29, 0.717) is 28.2 Å². The number of carbonyl (C=O) groups excluding carboxylic acids is 1. The van der Waals surface area contributed by atoms with Crippen molar-refractivity contribution in [3.8, 4) is 22.5 Å². The average Bonchev–Trinajstić information content (AvgIpc) is 3.20. The second-order valence-corrected chi connectivity index (χ2v) is 9.44. The zero-order chi connectivity index (χ0) is 25.7. The zero-order valence-electron chi connectivity index (χ0n) is 19.9. The van der Waals surface area contributed by atoms with Gasteiger partial charge in [0.25, 0.3) is 0 Å². The smallest absolute Gasteiger partial charge is 0.325 e. The van der Waals surface area contributed by atoms with E-state index >= 15 is 0 Å². The molecule has 0 saturated carbocycles. The molecular weight excluding hydrogens is 460 g/mol. The van der Waals surface area contributed by atoms with Crippen molar-refractivity contribution in [1.82, 2.24) is 14.6 Å². The van der Waals surface area contributed by atoms with Crippen LogP contribution in [0.25, 0.3) is 28.2 Å². The van der Waals surface area contributed by atoms with E-state index in [2.05, 4.69) is 15.4 Å². The topological polar surface area (TPSA) is 59.3 Å². The fourth-order valence-corrected chi connectivity index (χ4v) is 3.64. The summed E-state index contributed by atoms with van der Waals surface area (Å²) < 4.78 is 56.8. The minimum atomic E-state index is -4.65. The highest BCUT2D eigenvalue weighted by molar-refractivity contribution is 5.96. The van der Waals surface area contributed by atoms with Crippen molar-refractivity contribution < 1.29 is 22.4 Å². The standard InChI is InChI=1S/C26H24F4N4O/c1-14-15(2)23-31-21(13-34(23)33-22(14)17-8-6-7-9-19(17)27)16-10-11-18(26(28,29)30)20(12-16)32-24(35)25(3,4)5/h6-13H,1-5H3,(H,32,35). The molecule has 0 aliphatic carbocycles. The van der Waals surface area contributed by atoms with Crippen molar-refractivity contribution in [2.75, 3.05) is 5.32 Å². The van der Waals surface area contributed by atoms with E-state index in [1.165, 1.54) is 22.7 Å². The summed E-state index contributed by atoms with van der Waals surface area (Å²) >= 11 is 0. The van der Waals surface area contributed by atoms with E-state index in [0.717, 1.165) is 17.2 Å². The number of carbonyl (C=O) groups is 1. The molecule has 2 aromatic carbocycles. The Hall–Kier alpha value is -3.75. The first-order valence-corrected chi connectivity index (χ1v) is 10.9. The van der Waals surface area contributed by atoms with Gasteiger partial charge in [-0.2, -0.15) is 18.3 Å². The van der Waals surface area contributed by atoms with Crippen molar-refractivity contribution >= 4 is 17.2 Å². The van der Waals surface area contributed by atoms with Crippen molar-refractivity contribution in [3.63, 3.8) is 0 Å². The van der Waals surface area contributed by atoms with Gasteiger partial charge in [0.05, 0.1) is 28.8 Å². The Morgan fingerprint density at radius 1 is 1.00 bits per heavy atom. The zero-order valence-corrected chi connectivity index (χ0v) is 19.9. The summed E-state index contributed by atoms with van der Waals surface area (Å²) in [6.45, 7) is 8.49. The van der Waals surface area contributed by atoms with Crippen LogP contribution >= 0.6 is 0 Å². The first kappa shape index (κ1) is 24.4. The Kier molecular flexibility index (Phi) is 5.91. The number of aryl methyl sites for hydroxylation is 1. The number of rotatable bonds is 3. The quantitative estimate of drug-likeness (QED) is 0.325. The van der Waals surface area contributed by atoms with Crippen LogP contribution in [0.1, 0.15) is 37.5 Å². The van der Waals surface area contributed by atoms with Crippen LogP contribution in [0.3, 0.4) is 0 Å². The molecule has 2 heterocycles. The maximum Gasteiger partial charge on any atom is 0.418 e. The number of alkyl halides is 3. The summed E-state index contributed by atoms with van der Waals surface area (Å²) in [6, 6.07) is 9.78. The maximum atomic E-state index is 14.4. The number of amides is 1. The molecule has 1 amide bonds. The molecule has 1 N–H and O–H groups in total. The molecule has 4 aromatic rings. The number of halogens is 4. The van der Waals surface area contributed by atoms with Crippen LogP contribution < -0.4 is 5.32 Å². The molecule has 182 valence electrons. The average molecular weight is 484 g/mol. The monoisotopic (exact) mass is 484 g/mol. The molecule has 4 rings (SSSR count). The molecule has 0 aliphatic rings. The first-order valence-electron chi connectivity index (χ1n) is 10.9. The Bertz CT molecular complexity index is 1450. The third-order valence-corrected chi connectivity index (χ3v) is 5.83. The Morgan fingerprint density at radius 2 is 1.69 bits per heavy atom. The molecule has 0 spiro atoms. The number of imidazole rings is 1. The molecule has 0 atom stereocenters. The van der Waals surface area contributed by atoms with Gasteiger partial charge < -0.3 is 5.32 Å². The van der Waals surface area contributed by atoms with Gasteiger partial charge in [0.1, 0.15) is 5.82 Å². The molecule has 9 heteroatoms. The van der Waals surface area contributed by atoms with Crippen LogP contribution in [0.2, 0.25) is 0 Å². The Morgan fingerprint density at radius 3 is 2.31 bits per heavy atom. The second kappa shape index (κ2) is 8.48. The number of nitrogens with zero attached hydrogens (tertiary/aromatic N) is 3. The fourth-order valence-electron chi connectivity index (χ4n) is 3.64. The number of hydrogen-bond donors (Lipinski definition) is 1. The fraction of sp³-hybridized carbons (Fsp3) is 0.269. The second-order valence-electron chi connectivity index (χ2n) is 9.44. The summed E-state index contributed by atoms with van der Waals surface area (Å²) in [6.07, 6.45) is -3.08. The number of nitrogens with one attached hydrogen (secondary N) is 1. The van der Waals surface area contributed by atoms with E-state index in [-0.39, 0.29) is 5.69 Å². The molecule has 0 fully saturated rings. The Balaban J connectivity index is 1.85. The number of hydrogen-bond acceptors (Lipinski definition) is 3. The van der Waals surface area contributed by atoms with E-state index in [1.807, 2.05) is 13.8 Å². The molecule has 0 bridgehead atoms. The number of anilines is 1. The van der Waals surface area contributed by atoms with Crippen LogP contribution in [-0.2, 0) is 11.0 Å². The lowest BCUT2D eigenvalue weighted by Crippen LogP contribution is -2.28.